The number of piperidine rings is 1. The van der Waals surface area contributed by atoms with Crippen molar-refractivity contribution in [2.45, 2.75) is 57.4 Å². The predicted molar refractivity (Wildman–Crippen MR) is 91.4 cm³/mol. The number of hydrogen-bond donors (Lipinski definition) is 1. The first-order valence-corrected chi connectivity index (χ1v) is 9.52. The van der Waals surface area contributed by atoms with Gasteiger partial charge in [-0.2, -0.15) is 8.42 Å². The summed E-state index contributed by atoms with van der Waals surface area (Å²) in [4.78, 5) is 13.6. The van der Waals surface area contributed by atoms with Crippen LogP contribution in [0.25, 0.3) is 0 Å². The lowest BCUT2D eigenvalue weighted by Gasteiger charge is -2.39. The van der Waals surface area contributed by atoms with Gasteiger partial charge in [0.1, 0.15) is 5.60 Å². The van der Waals surface area contributed by atoms with Crippen molar-refractivity contribution < 1.29 is 22.5 Å². The van der Waals surface area contributed by atoms with E-state index in [9.17, 15) is 17.8 Å². The number of carbonyl (C=O) groups excluding carboxylic acids is 1. The molecule has 7 heteroatoms. The average molecular weight is 355 g/mol. The molecular formula is C17H25NO5S. The standard InChI is InChI=1S/C17H25NO5S/c1-12-7-9-13(10-8-12)14-6-5-11-18(15(14)24(20,21)22)16(19)23-17(2,3)4/h7-10,14-15H,5-6,11H2,1-4H3,(H,20,21,22)/t14?,15-/m1/s1. The van der Waals surface area contributed by atoms with E-state index in [2.05, 4.69) is 0 Å². The van der Waals surface area contributed by atoms with Crippen LogP contribution in [0, 0.1) is 6.92 Å². The molecule has 1 fully saturated rings. The summed E-state index contributed by atoms with van der Waals surface area (Å²) in [5.74, 6) is -0.484. The Labute approximate surface area is 143 Å². The van der Waals surface area contributed by atoms with Crippen LogP contribution in [0.5, 0.6) is 0 Å². The fourth-order valence-electron chi connectivity index (χ4n) is 3.00. The first-order valence-electron chi connectivity index (χ1n) is 8.01. The second-order valence-corrected chi connectivity index (χ2v) is 8.75. The Morgan fingerprint density at radius 2 is 1.83 bits per heavy atom. The molecule has 134 valence electrons. The molecule has 1 aliphatic rings. The van der Waals surface area contributed by atoms with Gasteiger partial charge in [0.2, 0.25) is 0 Å². The Hall–Kier alpha value is -1.60. The maximum Gasteiger partial charge on any atom is 0.411 e. The van der Waals surface area contributed by atoms with Crippen LogP contribution in [-0.2, 0) is 14.9 Å². The van der Waals surface area contributed by atoms with Crippen molar-refractivity contribution in [2.75, 3.05) is 6.54 Å². The van der Waals surface area contributed by atoms with E-state index in [4.69, 9.17) is 4.74 Å². The van der Waals surface area contributed by atoms with Gasteiger partial charge in [0, 0.05) is 12.5 Å². The molecule has 1 saturated heterocycles. The maximum atomic E-state index is 12.4. The van der Waals surface area contributed by atoms with Crippen LogP contribution in [0.15, 0.2) is 24.3 Å². The number of aryl methyl sites for hydroxylation is 1. The fourth-order valence-corrected chi connectivity index (χ4v) is 4.22. The molecule has 0 radical (unpaired) electrons. The highest BCUT2D eigenvalue weighted by Crippen LogP contribution is 2.36. The molecule has 1 aliphatic heterocycles. The summed E-state index contributed by atoms with van der Waals surface area (Å²) in [5.41, 5.74) is 1.11. The minimum atomic E-state index is -4.46. The second-order valence-electron chi connectivity index (χ2n) is 7.24. The van der Waals surface area contributed by atoms with E-state index < -0.39 is 33.1 Å². The summed E-state index contributed by atoms with van der Waals surface area (Å²) in [7, 11) is -4.46. The van der Waals surface area contributed by atoms with Crippen LogP contribution in [-0.4, -0.2) is 41.5 Å². The molecule has 1 unspecified atom stereocenters. The van der Waals surface area contributed by atoms with Gasteiger partial charge in [0.05, 0.1) is 0 Å². The van der Waals surface area contributed by atoms with Gasteiger partial charge in [-0.05, 0) is 46.1 Å². The van der Waals surface area contributed by atoms with Gasteiger partial charge in [-0.15, -0.1) is 0 Å². The molecule has 1 aromatic carbocycles. The summed E-state index contributed by atoms with van der Waals surface area (Å²) in [6, 6.07) is 7.47. The highest BCUT2D eigenvalue weighted by Gasteiger charge is 2.44. The summed E-state index contributed by atoms with van der Waals surface area (Å²) >= 11 is 0. The van der Waals surface area contributed by atoms with E-state index in [0.717, 1.165) is 16.0 Å². The highest BCUT2D eigenvalue weighted by molar-refractivity contribution is 7.86. The van der Waals surface area contributed by atoms with E-state index >= 15 is 0 Å². The zero-order valence-electron chi connectivity index (χ0n) is 14.5. The Balaban J connectivity index is 2.38. The van der Waals surface area contributed by atoms with Crippen LogP contribution >= 0.6 is 0 Å². The molecule has 24 heavy (non-hydrogen) atoms. The molecule has 1 amide bonds. The molecule has 2 rings (SSSR count). The fraction of sp³-hybridized carbons (Fsp3) is 0.588. The van der Waals surface area contributed by atoms with Crippen LogP contribution in [0.2, 0.25) is 0 Å². The van der Waals surface area contributed by atoms with Gasteiger partial charge in [0.15, 0.2) is 5.37 Å². The summed E-state index contributed by atoms with van der Waals surface area (Å²) < 4.78 is 39.1. The monoisotopic (exact) mass is 355 g/mol. The minimum absolute atomic E-state index is 0.238. The van der Waals surface area contributed by atoms with Gasteiger partial charge in [-0.25, -0.2) is 4.79 Å². The summed E-state index contributed by atoms with van der Waals surface area (Å²) in [5, 5.41) is -1.33. The van der Waals surface area contributed by atoms with Gasteiger partial charge >= 0.3 is 6.09 Å². The molecule has 6 nitrogen and oxygen atoms in total. The van der Waals surface area contributed by atoms with Gasteiger partial charge in [-0.1, -0.05) is 29.8 Å². The molecule has 2 atom stereocenters. The van der Waals surface area contributed by atoms with Crippen LogP contribution in [0.4, 0.5) is 4.79 Å². The number of likely N-dealkylation sites (tertiary alicyclic amines) is 1. The van der Waals surface area contributed by atoms with Crippen molar-refractivity contribution in [2.24, 2.45) is 0 Å². The largest absolute Gasteiger partial charge is 0.444 e. The van der Waals surface area contributed by atoms with E-state index in [1.165, 1.54) is 0 Å². The van der Waals surface area contributed by atoms with Gasteiger partial charge in [0.25, 0.3) is 10.1 Å². The minimum Gasteiger partial charge on any atom is -0.444 e. The number of benzene rings is 1. The number of rotatable bonds is 2. The second kappa shape index (κ2) is 6.72. The third kappa shape index (κ3) is 4.48. The lowest BCUT2D eigenvalue weighted by molar-refractivity contribution is 0.0146. The Kier molecular flexibility index (Phi) is 5.25. The molecule has 0 aliphatic carbocycles. The number of hydrogen-bond acceptors (Lipinski definition) is 4. The zero-order valence-corrected chi connectivity index (χ0v) is 15.3. The number of nitrogens with zero attached hydrogens (tertiary/aromatic N) is 1. The zero-order chi connectivity index (χ0) is 18.1. The van der Waals surface area contributed by atoms with Gasteiger partial charge in [-0.3, -0.25) is 9.45 Å². The van der Waals surface area contributed by atoms with Crippen LogP contribution in [0.1, 0.15) is 50.7 Å². The topological polar surface area (TPSA) is 83.9 Å². The summed E-state index contributed by atoms with van der Waals surface area (Å²) in [6.45, 7) is 7.33. The molecule has 0 aromatic heterocycles. The smallest absolute Gasteiger partial charge is 0.411 e. The first kappa shape index (κ1) is 18.7. The van der Waals surface area contributed by atoms with E-state index in [-0.39, 0.29) is 6.54 Å². The third-order valence-corrected chi connectivity index (χ3v) is 5.20. The van der Waals surface area contributed by atoms with E-state index in [0.29, 0.717) is 12.8 Å². The molecule has 1 N–H and O–H groups in total. The molecule has 1 aromatic rings. The SMILES string of the molecule is Cc1ccc(C2CCCN(C(=O)OC(C)(C)C)[C@@H]2S(=O)(=O)O)cc1. The number of ether oxygens (including phenoxy) is 1. The quantitative estimate of drug-likeness (QED) is 0.823. The van der Waals surface area contributed by atoms with Crippen molar-refractivity contribution in [3.05, 3.63) is 35.4 Å². The molecule has 1 heterocycles. The molecule has 0 bridgehead atoms. The van der Waals surface area contributed by atoms with Crippen molar-refractivity contribution in [1.82, 2.24) is 4.90 Å². The Bertz CT molecular complexity index is 691. The van der Waals surface area contributed by atoms with E-state index in [1.807, 2.05) is 31.2 Å². The van der Waals surface area contributed by atoms with Crippen molar-refractivity contribution in [3.63, 3.8) is 0 Å². The third-order valence-electron chi connectivity index (χ3n) is 4.00. The normalized spacial score (nSPS) is 22.3. The molecule has 0 spiro atoms. The average Bonchev–Trinajstić information content (AvgIpc) is 2.44. The predicted octanol–water partition coefficient (Wildman–Crippen LogP) is 3.32. The van der Waals surface area contributed by atoms with E-state index in [1.54, 1.807) is 20.8 Å². The Morgan fingerprint density at radius 3 is 2.33 bits per heavy atom. The molecule has 0 saturated carbocycles. The molecular weight excluding hydrogens is 330 g/mol. The lowest BCUT2D eigenvalue weighted by Crippen LogP contribution is -2.52. The summed E-state index contributed by atoms with van der Waals surface area (Å²) in [6.07, 6.45) is 0.498. The van der Waals surface area contributed by atoms with Crippen molar-refractivity contribution in [3.8, 4) is 0 Å². The van der Waals surface area contributed by atoms with Gasteiger partial charge < -0.3 is 4.74 Å². The van der Waals surface area contributed by atoms with Crippen LogP contribution in [0.3, 0.4) is 0 Å². The lowest BCUT2D eigenvalue weighted by atomic mass is 9.90. The first-order chi connectivity index (χ1) is 11.0. The van der Waals surface area contributed by atoms with Crippen molar-refractivity contribution in [1.29, 1.82) is 0 Å². The van der Waals surface area contributed by atoms with Crippen LogP contribution < -0.4 is 0 Å². The maximum absolute atomic E-state index is 12.4. The Morgan fingerprint density at radius 1 is 1.25 bits per heavy atom. The number of carbonyl (C=O) groups is 1. The highest BCUT2D eigenvalue weighted by atomic mass is 32.2. The number of amides is 1. The van der Waals surface area contributed by atoms with Crippen molar-refractivity contribution >= 4 is 16.2 Å².